The summed E-state index contributed by atoms with van der Waals surface area (Å²) in [5.74, 6) is 1.10. The molecule has 1 unspecified atom stereocenters. The van der Waals surface area contributed by atoms with Gasteiger partial charge in [0.25, 0.3) is 6.47 Å². The summed E-state index contributed by atoms with van der Waals surface area (Å²) in [6.45, 7) is -0.166. The van der Waals surface area contributed by atoms with E-state index in [0.717, 1.165) is 11.8 Å². The maximum absolute atomic E-state index is 14.8. The van der Waals surface area contributed by atoms with Gasteiger partial charge in [-0.1, -0.05) is 12.1 Å². The molecule has 0 spiro atoms. The molecule has 10 heteroatoms. The van der Waals surface area contributed by atoms with Gasteiger partial charge in [-0.05, 0) is 80.0 Å². The van der Waals surface area contributed by atoms with Crippen molar-refractivity contribution in [2.75, 3.05) is 18.6 Å². The van der Waals surface area contributed by atoms with Crippen LogP contribution in [-0.4, -0.2) is 38.6 Å². The highest BCUT2D eigenvalue weighted by Crippen LogP contribution is 2.44. The molecule has 0 saturated heterocycles. The number of carbonyl (C=O) groups is 1. The van der Waals surface area contributed by atoms with Gasteiger partial charge in [-0.25, -0.2) is 17.2 Å². The molecular weight excluding hydrogens is 530 g/mol. The highest BCUT2D eigenvalue weighted by Gasteiger charge is 2.31. The summed E-state index contributed by atoms with van der Waals surface area (Å²) < 4.78 is 69.2. The van der Waals surface area contributed by atoms with Crippen LogP contribution < -0.4 is 14.2 Å². The average Bonchev–Trinajstić information content (AvgIpc) is 3.65. The first-order chi connectivity index (χ1) is 18.7. The minimum absolute atomic E-state index is 0.0151. The average molecular weight is 561 g/mol. The van der Waals surface area contributed by atoms with E-state index in [0.29, 0.717) is 35.8 Å². The van der Waals surface area contributed by atoms with Crippen molar-refractivity contribution in [1.82, 2.24) is 0 Å². The lowest BCUT2D eigenvalue weighted by molar-refractivity contribution is -0.122. The Balaban J connectivity index is 0.00000112. The Labute approximate surface area is 226 Å². The number of sulfone groups is 1. The fraction of sp³-hybridized carbons (Fsp3) is 0.345. The molecule has 0 aromatic heterocycles. The number of fused-ring (bicyclic) bond motifs is 1. The van der Waals surface area contributed by atoms with Gasteiger partial charge in [0.2, 0.25) is 0 Å². The summed E-state index contributed by atoms with van der Waals surface area (Å²) in [7, 11) is -3.09. The number of halogens is 2. The van der Waals surface area contributed by atoms with Crippen LogP contribution in [0.1, 0.15) is 54.4 Å². The monoisotopic (exact) mass is 560 g/mol. The molecule has 1 fully saturated rings. The van der Waals surface area contributed by atoms with E-state index in [-0.39, 0.29) is 42.6 Å². The van der Waals surface area contributed by atoms with Gasteiger partial charge in [-0.3, -0.25) is 4.79 Å². The van der Waals surface area contributed by atoms with Crippen LogP contribution in [0.25, 0.3) is 0 Å². The third-order valence-corrected chi connectivity index (χ3v) is 7.53. The zero-order chi connectivity index (χ0) is 28.0. The van der Waals surface area contributed by atoms with Crippen molar-refractivity contribution in [3.63, 3.8) is 0 Å². The molecule has 3 aromatic carbocycles. The first-order valence-electron chi connectivity index (χ1n) is 12.6. The quantitative estimate of drug-likeness (QED) is 0.232. The normalized spacial score (nSPS) is 16.0. The van der Waals surface area contributed by atoms with Crippen molar-refractivity contribution in [3.8, 4) is 23.0 Å². The lowest BCUT2D eigenvalue weighted by Gasteiger charge is -2.17. The largest absolute Gasteiger partial charge is 0.490 e. The van der Waals surface area contributed by atoms with E-state index in [9.17, 15) is 17.2 Å². The van der Waals surface area contributed by atoms with E-state index in [4.69, 9.17) is 24.1 Å². The maximum Gasteiger partial charge on any atom is 0.290 e. The maximum atomic E-state index is 14.8. The van der Waals surface area contributed by atoms with Gasteiger partial charge in [0, 0.05) is 23.4 Å². The van der Waals surface area contributed by atoms with Crippen LogP contribution in [0, 0.1) is 11.6 Å². The number of hydrogen-bond acceptors (Lipinski definition) is 6. The van der Waals surface area contributed by atoms with Crippen LogP contribution in [0.15, 0.2) is 54.6 Å². The highest BCUT2D eigenvalue weighted by molar-refractivity contribution is 7.90. The van der Waals surface area contributed by atoms with Gasteiger partial charge in [0.05, 0.1) is 12.4 Å². The Hall–Kier alpha value is -3.66. The van der Waals surface area contributed by atoms with E-state index >= 15 is 0 Å². The van der Waals surface area contributed by atoms with E-state index in [2.05, 4.69) is 12.1 Å². The summed E-state index contributed by atoms with van der Waals surface area (Å²) in [6.07, 6.45) is 4.65. The number of carboxylic acid groups (broad SMARTS) is 1. The van der Waals surface area contributed by atoms with Crippen LogP contribution in [0.3, 0.4) is 0 Å². The van der Waals surface area contributed by atoms with Gasteiger partial charge in [-0.2, -0.15) is 0 Å². The molecule has 39 heavy (non-hydrogen) atoms. The smallest absolute Gasteiger partial charge is 0.290 e. The molecule has 0 bridgehead atoms. The van der Waals surface area contributed by atoms with Gasteiger partial charge < -0.3 is 19.3 Å². The zero-order valence-electron chi connectivity index (χ0n) is 21.4. The molecule has 2 aliphatic carbocycles. The number of hydrogen-bond donors (Lipinski definition) is 1. The molecule has 0 radical (unpaired) electrons. The SMILES string of the molecule is CS(=O)(=O)CCCOc1ccc(Oc2ccc(F)c3c2CCC3Oc2ccc(C3CC3)cc2)cc1F.O=CO. The molecule has 208 valence electrons. The van der Waals surface area contributed by atoms with E-state index < -0.39 is 21.8 Å². The highest BCUT2D eigenvalue weighted by atomic mass is 32.2. The molecule has 2 aliphatic rings. The predicted molar refractivity (Wildman–Crippen MR) is 141 cm³/mol. The molecule has 1 atom stereocenters. The van der Waals surface area contributed by atoms with Gasteiger partial charge in [-0.15, -0.1) is 0 Å². The van der Waals surface area contributed by atoms with Crippen LogP contribution in [-0.2, 0) is 21.1 Å². The third kappa shape index (κ3) is 7.69. The Morgan fingerprint density at radius 3 is 2.26 bits per heavy atom. The second-order valence-electron chi connectivity index (χ2n) is 9.56. The second kappa shape index (κ2) is 12.5. The van der Waals surface area contributed by atoms with E-state index in [1.54, 1.807) is 12.1 Å². The summed E-state index contributed by atoms with van der Waals surface area (Å²) in [4.78, 5) is 8.36. The van der Waals surface area contributed by atoms with Crippen LogP contribution in [0.4, 0.5) is 8.78 Å². The Bertz CT molecular complexity index is 1400. The van der Waals surface area contributed by atoms with Crippen molar-refractivity contribution in [2.45, 2.75) is 44.1 Å². The fourth-order valence-corrected chi connectivity index (χ4v) is 5.19. The van der Waals surface area contributed by atoms with Crippen LogP contribution in [0.5, 0.6) is 23.0 Å². The van der Waals surface area contributed by atoms with Gasteiger partial charge in [0.15, 0.2) is 11.6 Å². The minimum Gasteiger partial charge on any atom is -0.490 e. The first-order valence-corrected chi connectivity index (χ1v) is 14.7. The molecule has 5 rings (SSSR count). The molecule has 0 amide bonds. The lowest BCUT2D eigenvalue weighted by Crippen LogP contribution is -2.08. The third-order valence-electron chi connectivity index (χ3n) is 6.49. The Morgan fingerprint density at radius 1 is 0.949 bits per heavy atom. The number of rotatable bonds is 10. The molecule has 7 nitrogen and oxygen atoms in total. The van der Waals surface area contributed by atoms with Crippen molar-refractivity contribution in [3.05, 3.63) is 82.9 Å². The molecule has 0 aliphatic heterocycles. The fourth-order valence-electron chi connectivity index (χ4n) is 4.55. The minimum atomic E-state index is -3.09. The topological polar surface area (TPSA) is 99.1 Å². The lowest BCUT2D eigenvalue weighted by atomic mass is 10.1. The molecular formula is C29H30F2O7S. The molecule has 1 saturated carbocycles. The number of ether oxygens (including phenoxy) is 3. The molecule has 0 heterocycles. The first kappa shape index (κ1) is 28.4. The standard InChI is InChI=1S/C28H28F2O5S.CH2O2/c1-36(31,32)16-2-15-33-26-12-9-21(17-24(26)30)35-25-14-11-23(29)28-22(25)10-13-27(28)34-20-7-5-19(6-8-20)18-3-4-18;2-1-3/h5-9,11-12,14,17-18,27H,2-4,10,13,15-16H2,1H3;1H,(H,2,3). The molecule has 3 aromatic rings. The van der Waals surface area contributed by atoms with Crippen molar-refractivity contribution >= 4 is 16.3 Å². The second-order valence-corrected chi connectivity index (χ2v) is 11.8. The van der Waals surface area contributed by atoms with Crippen molar-refractivity contribution < 1.29 is 41.3 Å². The van der Waals surface area contributed by atoms with E-state index in [1.165, 1.54) is 36.6 Å². The predicted octanol–water partition coefficient (Wildman–Crippen LogP) is 6.22. The zero-order valence-corrected chi connectivity index (χ0v) is 22.3. The summed E-state index contributed by atoms with van der Waals surface area (Å²) in [6, 6.07) is 15.1. The number of benzene rings is 3. The van der Waals surface area contributed by atoms with Crippen molar-refractivity contribution in [2.24, 2.45) is 0 Å². The summed E-state index contributed by atoms with van der Waals surface area (Å²) in [5, 5.41) is 6.89. The molecule has 1 N–H and O–H groups in total. The summed E-state index contributed by atoms with van der Waals surface area (Å²) in [5.41, 5.74) is 2.51. The Morgan fingerprint density at radius 2 is 1.62 bits per heavy atom. The van der Waals surface area contributed by atoms with Gasteiger partial charge in [0.1, 0.15) is 39.0 Å². The van der Waals surface area contributed by atoms with Gasteiger partial charge >= 0.3 is 0 Å². The van der Waals surface area contributed by atoms with Crippen LogP contribution in [0.2, 0.25) is 0 Å². The van der Waals surface area contributed by atoms with Crippen molar-refractivity contribution in [1.29, 1.82) is 0 Å². The summed E-state index contributed by atoms with van der Waals surface area (Å²) >= 11 is 0. The Kier molecular flexibility index (Phi) is 9.06. The van der Waals surface area contributed by atoms with E-state index in [1.807, 2.05) is 12.1 Å². The van der Waals surface area contributed by atoms with Crippen LogP contribution >= 0.6 is 0 Å².